The third-order valence-electron chi connectivity index (χ3n) is 3.65. The number of fused-ring (bicyclic) bond motifs is 1. The molecule has 4 heterocycles. The van der Waals surface area contributed by atoms with Crippen LogP contribution in [0.25, 0.3) is 22.7 Å². The summed E-state index contributed by atoms with van der Waals surface area (Å²) in [6.45, 7) is 1.79. The number of nitrogen functional groups attached to an aromatic ring is 1. The first kappa shape index (κ1) is 12.9. The number of rotatable bonds is 2. The van der Waals surface area contributed by atoms with E-state index < -0.39 is 0 Å². The summed E-state index contributed by atoms with van der Waals surface area (Å²) in [5.74, 6) is 0.835. The van der Waals surface area contributed by atoms with Crippen LogP contribution in [0.3, 0.4) is 0 Å². The van der Waals surface area contributed by atoms with E-state index in [0.717, 1.165) is 30.9 Å². The zero-order chi connectivity index (χ0) is 14.9. The molecule has 7 heteroatoms. The molecule has 3 N–H and O–H groups in total. The van der Waals surface area contributed by atoms with Gasteiger partial charge in [-0.1, -0.05) is 12.1 Å². The maximum Gasteiger partial charge on any atom is 0.204 e. The lowest BCUT2D eigenvalue weighted by molar-refractivity contribution is 0.736. The van der Waals surface area contributed by atoms with Crippen molar-refractivity contribution in [2.75, 3.05) is 18.8 Å². The van der Waals surface area contributed by atoms with Gasteiger partial charge in [0.1, 0.15) is 0 Å². The van der Waals surface area contributed by atoms with Gasteiger partial charge in [0, 0.05) is 12.7 Å². The highest BCUT2D eigenvalue weighted by molar-refractivity contribution is 5.70. The molecular weight excluding hydrogens is 278 g/mol. The van der Waals surface area contributed by atoms with Crippen molar-refractivity contribution in [3.8, 4) is 11.5 Å². The average molecular weight is 293 g/mol. The number of nitrogens with one attached hydrogen (secondary N) is 1. The second-order valence-electron chi connectivity index (χ2n) is 5.11. The Morgan fingerprint density at radius 3 is 3.00 bits per heavy atom. The van der Waals surface area contributed by atoms with Crippen molar-refractivity contribution in [2.24, 2.45) is 0 Å². The quantitative estimate of drug-likeness (QED) is 0.736. The standard InChI is InChI=1S/C15H15N7/c16-14-13(15-20-12-3-1-2-8-22(12)21-15)19-11(9-18-14)10-4-6-17-7-5-10/h1-4,8-9,17H,5-7H2,(H2,16,18). The highest BCUT2D eigenvalue weighted by Crippen LogP contribution is 2.24. The second kappa shape index (κ2) is 5.19. The summed E-state index contributed by atoms with van der Waals surface area (Å²) in [5.41, 5.74) is 9.28. The van der Waals surface area contributed by atoms with Crippen LogP contribution in [-0.4, -0.2) is 37.7 Å². The molecule has 0 unspecified atom stereocenters. The van der Waals surface area contributed by atoms with Gasteiger partial charge >= 0.3 is 0 Å². The lowest BCUT2D eigenvalue weighted by Crippen LogP contribution is -2.20. The summed E-state index contributed by atoms with van der Waals surface area (Å²) in [4.78, 5) is 13.4. The molecule has 3 aromatic heterocycles. The molecule has 0 saturated carbocycles. The molecule has 0 bridgehead atoms. The van der Waals surface area contributed by atoms with Gasteiger partial charge in [-0.25, -0.2) is 19.5 Å². The fourth-order valence-electron chi connectivity index (χ4n) is 2.50. The van der Waals surface area contributed by atoms with E-state index in [1.807, 2.05) is 24.4 Å². The van der Waals surface area contributed by atoms with Gasteiger partial charge in [-0.3, -0.25) is 0 Å². The molecule has 0 aromatic carbocycles. The summed E-state index contributed by atoms with van der Waals surface area (Å²) in [7, 11) is 0. The summed E-state index contributed by atoms with van der Waals surface area (Å²) in [6, 6.07) is 5.70. The van der Waals surface area contributed by atoms with Crippen LogP contribution >= 0.6 is 0 Å². The minimum Gasteiger partial charge on any atom is -0.382 e. The number of aromatic nitrogens is 5. The van der Waals surface area contributed by atoms with Gasteiger partial charge in [0.2, 0.25) is 5.82 Å². The summed E-state index contributed by atoms with van der Waals surface area (Å²) in [5, 5.41) is 7.70. The van der Waals surface area contributed by atoms with Crippen molar-refractivity contribution >= 4 is 17.0 Å². The Balaban J connectivity index is 1.81. The Hall–Kier alpha value is -2.80. The minimum absolute atomic E-state index is 0.342. The molecule has 3 aromatic rings. The second-order valence-corrected chi connectivity index (χ2v) is 5.11. The van der Waals surface area contributed by atoms with Crippen molar-refractivity contribution in [1.82, 2.24) is 29.9 Å². The van der Waals surface area contributed by atoms with Gasteiger partial charge in [-0.2, -0.15) is 0 Å². The largest absolute Gasteiger partial charge is 0.382 e. The topological polar surface area (TPSA) is 94.0 Å². The Labute approximate surface area is 126 Å². The Morgan fingerprint density at radius 1 is 1.23 bits per heavy atom. The monoisotopic (exact) mass is 293 g/mol. The first-order valence-corrected chi connectivity index (χ1v) is 7.16. The molecule has 1 aliphatic rings. The smallest absolute Gasteiger partial charge is 0.204 e. The predicted molar refractivity (Wildman–Crippen MR) is 83.9 cm³/mol. The lowest BCUT2D eigenvalue weighted by Gasteiger charge is -2.13. The van der Waals surface area contributed by atoms with Crippen LogP contribution in [0.5, 0.6) is 0 Å². The van der Waals surface area contributed by atoms with Gasteiger partial charge in [0.15, 0.2) is 17.2 Å². The fraction of sp³-hybridized carbons (Fsp3) is 0.200. The van der Waals surface area contributed by atoms with Crippen LogP contribution in [0.2, 0.25) is 0 Å². The molecule has 110 valence electrons. The van der Waals surface area contributed by atoms with Crippen molar-refractivity contribution in [2.45, 2.75) is 6.42 Å². The molecule has 7 nitrogen and oxygen atoms in total. The molecule has 0 radical (unpaired) electrons. The molecular formula is C15H15N7. The molecule has 22 heavy (non-hydrogen) atoms. The fourth-order valence-corrected chi connectivity index (χ4v) is 2.50. The average Bonchev–Trinajstić information content (AvgIpc) is 3.00. The highest BCUT2D eigenvalue weighted by Gasteiger charge is 2.15. The number of anilines is 1. The Bertz CT molecular complexity index is 832. The van der Waals surface area contributed by atoms with E-state index in [9.17, 15) is 0 Å². The summed E-state index contributed by atoms with van der Waals surface area (Å²) in [6.07, 6.45) is 6.61. The molecule has 0 atom stereocenters. The highest BCUT2D eigenvalue weighted by atomic mass is 15.3. The van der Waals surface area contributed by atoms with Crippen molar-refractivity contribution in [1.29, 1.82) is 0 Å². The first-order valence-electron chi connectivity index (χ1n) is 7.16. The van der Waals surface area contributed by atoms with E-state index in [1.54, 1.807) is 10.7 Å². The minimum atomic E-state index is 0.342. The van der Waals surface area contributed by atoms with Crippen LogP contribution < -0.4 is 11.1 Å². The Kier molecular flexibility index (Phi) is 3.05. The van der Waals surface area contributed by atoms with E-state index in [2.05, 4.69) is 31.4 Å². The van der Waals surface area contributed by atoms with Gasteiger partial charge in [0.05, 0.1) is 11.9 Å². The van der Waals surface area contributed by atoms with E-state index in [1.165, 1.54) is 5.57 Å². The molecule has 0 spiro atoms. The van der Waals surface area contributed by atoms with Crippen LogP contribution in [0.4, 0.5) is 5.82 Å². The molecule has 4 rings (SSSR count). The SMILES string of the molecule is Nc1ncc(C2=CCNCC2)nc1-c1nc2ccccn2n1. The maximum absolute atomic E-state index is 5.98. The molecule has 1 aliphatic heterocycles. The van der Waals surface area contributed by atoms with Crippen LogP contribution in [0.1, 0.15) is 12.1 Å². The van der Waals surface area contributed by atoms with E-state index in [0.29, 0.717) is 17.3 Å². The van der Waals surface area contributed by atoms with E-state index in [4.69, 9.17) is 5.73 Å². The predicted octanol–water partition coefficient (Wildman–Crippen LogP) is 1.15. The zero-order valence-corrected chi connectivity index (χ0v) is 11.9. The number of hydrogen-bond acceptors (Lipinski definition) is 6. The van der Waals surface area contributed by atoms with Crippen LogP contribution in [-0.2, 0) is 0 Å². The number of hydrogen-bond donors (Lipinski definition) is 2. The first-order chi connectivity index (χ1) is 10.8. The van der Waals surface area contributed by atoms with Crippen molar-refractivity contribution in [3.63, 3.8) is 0 Å². The van der Waals surface area contributed by atoms with Gasteiger partial charge < -0.3 is 11.1 Å². The Morgan fingerprint density at radius 2 is 2.18 bits per heavy atom. The molecule has 0 amide bonds. The summed E-state index contributed by atoms with van der Waals surface area (Å²) >= 11 is 0. The number of nitrogens with two attached hydrogens (primary N) is 1. The van der Waals surface area contributed by atoms with Gasteiger partial charge in [0.25, 0.3) is 0 Å². The van der Waals surface area contributed by atoms with Crippen molar-refractivity contribution < 1.29 is 0 Å². The van der Waals surface area contributed by atoms with Crippen LogP contribution in [0.15, 0.2) is 36.7 Å². The van der Waals surface area contributed by atoms with Gasteiger partial charge in [-0.15, -0.1) is 5.10 Å². The van der Waals surface area contributed by atoms with E-state index in [-0.39, 0.29) is 0 Å². The molecule has 0 saturated heterocycles. The van der Waals surface area contributed by atoms with Crippen LogP contribution in [0, 0.1) is 0 Å². The zero-order valence-electron chi connectivity index (χ0n) is 11.9. The van der Waals surface area contributed by atoms with Crippen molar-refractivity contribution in [3.05, 3.63) is 42.4 Å². The maximum atomic E-state index is 5.98. The molecule has 0 fully saturated rings. The summed E-state index contributed by atoms with van der Waals surface area (Å²) < 4.78 is 1.70. The third-order valence-corrected chi connectivity index (χ3v) is 3.65. The third kappa shape index (κ3) is 2.21. The number of pyridine rings is 1. The van der Waals surface area contributed by atoms with E-state index >= 15 is 0 Å². The molecule has 0 aliphatic carbocycles. The van der Waals surface area contributed by atoms with Gasteiger partial charge in [-0.05, 0) is 30.7 Å². The lowest BCUT2D eigenvalue weighted by atomic mass is 10.1. The number of nitrogens with zero attached hydrogens (tertiary/aromatic N) is 5. The normalized spacial score (nSPS) is 15.0.